The maximum Gasteiger partial charge on any atom is 0.387 e. The lowest BCUT2D eigenvalue weighted by atomic mass is 10.1. The minimum absolute atomic E-state index is 0.0644. The van der Waals surface area contributed by atoms with Gasteiger partial charge in [-0.1, -0.05) is 0 Å². The summed E-state index contributed by atoms with van der Waals surface area (Å²) in [6.07, 6.45) is 3.40. The van der Waals surface area contributed by atoms with Crippen LogP contribution in [-0.4, -0.2) is 51.2 Å². The number of aryl methyl sites for hydroxylation is 1. The zero-order valence-corrected chi connectivity index (χ0v) is 18.9. The number of hydrogen-bond acceptors (Lipinski definition) is 6. The minimum atomic E-state index is -3.13. The molecule has 0 radical (unpaired) electrons. The van der Waals surface area contributed by atoms with Crippen LogP contribution in [0.2, 0.25) is 0 Å². The smallest absolute Gasteiger partial charge is 0.387 e. The fourth-order valence-corrected chi connectivity index (χ4v) is 4.16. The predicted octanol–water partition coefficient (Wildman–Crippen LogP) is 3.19. The molecule has 1 aliphatic heterocycles. The van der Waals surface area contributed by atoms with Gasteiger partial charge in [-0.2, -0.15) is 8.78 Å². The molecule has 2 amide bonds. The van der Waals surface area contributed by atoms with E-state index in [-0.39, 0.29) is 57.3 Å². The Morgan fingerprint density at radius 2 is 1.91 bits per heavy atom. The second-order valence-corrected chi connectivity index (χ2v) is 8.73. The summed E-state index contributed by atoms with van der Waals surface area (Å²) >= 11 is 0. The van der Waals surface area contributed by atoms with Crippen molar-refractivity contribution in [1.29, 1.82) is 0 Å². The van der Waals surface area contributed by atoms with Gasteiger partial charge in [0.25, 0.3) is 11.5 Å². The molecule has 3 aromatic rings. The zero-order valence-electron chi connectivity index (χ0n) is 18.9. The number of carbonyl (C=O) groups is 2. The second kappa shape index (κ2) is 9.01. The number of aromatic nitrogens is 3. The third-order valence-electron chi connectivity index (χ3n) is 6.12. The number of carbonyl (C=O) groups excluding carboxylic acids is 2. The summed E-state index contributed by atoms with van der Waals surface area (Å²) in [6.45, 7) is -1.89. The van der Waals surface area contributed by atoms with Crippen molar-refractivity contribution in [1.82, 2.24) is 19.7 Å². The first-order valence-corrected chi connectivity index (χ1v) is 11.4. The van der Waals surface area contributed by atoms with Crippen LogP contribution < -0.4 is 20.9 Å². The number of ether oxygens (including phenoxy) is 1. The van der Waals surface area contributed by atoms with E-state index in [1.165, 1.54) is 36.0 Å². The summed E-state index contributed by atoms with van der Waals surface area (Å²) in [4.78, 5) is 43.7. The summed E-state index contributed by atoms with van der Waals surface area (Å²) in [5.41, 5.74) is 0.403. The number of amides is 2. The first-order chi connectivity index (χ1) is 16.8. The topological polar surface area (TPSA) is 121 Å². The first kappa shape index (κ1) is 22.8. The Balaban J connectivity index is 1.52. The number of benzene rings is 1. The van der Waals surface area contributed by atoms with Crippen molar-refractivity contribution in [3.05, 3.63) is 40.2 Å². The van der Waals surface area contributed by atoms with Gasteiger partial charge in [0.1, 0.15) is 17.0 Å². The van der Waals surface area contributed by atoms with Crippen LogP contribution in [0.15, 0.2) is 29.1 Å². The number of rotatable bonds is 7. The number of anilines is 3. The summed E-state index contributed by atoms with van der Waals surface area (Å²) < 4.78 is 32.4. The normalized spacial score (nSPS) is 15.6. The molecule has 1 aromatic carbocycles. The molecule has 0 unspecified atom stereocenters. The van der Waals surface area contributed by atoms with Gasteiger partial charge in [0.15, 0.2) is 5.65 Å². The largest absolute Gasteiger partial charge is 0.433 e. The van der Waals surface area contributed by atoms with Crippen LogP contribution in [0.25, 0.3) is 11.0 Å². The molecule has 2 aromatic heterocycles. The van der Waals surface area contributed by atoms with Crippen LogP contribution in [0.1, 0.15) is 36.0 Å². The highest BCUT2D eigenvalue weighted by atomic mass is 19.3. The van der Waals surface area contributed by atoms with E-state index in [2.05, 4.69) is 20.7 Å². The van der Waals surface area contributed by atoms with E-state index in [1.807, 2.05) is 0 Å². The Bertz CT molecular complexity index is 1360. The number of nitrogens with zero attached hydrogens (tertiary/aromatic N) is 3. The maximum atomic E-state index is 13.2. The second-order valence-electron chi connectivity index (χ2n) is 8.73. The predicted molar refractivity (Wildman–Crippen MR) is 124 cm³/mol. The molecule has 1 saturated carbocycles. The Morgan fingerprint density at radius 1 is 1.17 bits per heavy atom. The zero-order chi connectivity index (χ0) is 24.7. The number of H-pyrrole nitrogens is 1. The van der Waals surface area contributed by atoms with Crippen LogP contribution in [-0.2, 0) is 11.8 Å². The Labute approximate surface area is 198 Å². The molecule has 0 bridgehead atoms. The molecular weight excluding hydrogens is 462 g/mol. The number of halogens is 2. The maximum absolute atomic E-state index is 13.2. The molecule has 0 atom stereocenters. The summed E-state index contributed by atoms with van der Waals surface area (Å²) in [6, 6.07) is 5.70. The van der Waals surface area contributed by atoms with Crippen LogP contribution in [0.5, 0.6) is 5.75 Å². The third-order valence-corrected chi connectivity index (χ3v) is 6.12. The van der Waals surface area contributed by atoms with E-state index >= 15 is 0 Å². The van der Waals surface area contributed by atoms with Gasteiger partial charge in [0.05, 0.1) is 11.4 Å². The van der Waals surface area contributed by atoms with E-state index in [4.69, 9.17) is 4.74 Å². The fourth-order valence-electron chi connectivity index (χ4n) is 4.16. The van der Waals surface area contributed by atoms with Crippen molar-refractivity contribution < 1.29 is 23.1 Å². The molecule has 10 nitrogen and oxygen atoms in total. The fraction of sp³-hybridized carbons (Fsp3) is 0.391. The van der Waals surface area contributed by atoms with Crippen LogP contribution in [0.4, 0.5) is 26.0 Å². The van der Waals surface area contributed by atoms with Crippen molar-refractivity contribution in [3.8, 4) is 5.75 Å². The highest BCUT2D eigenvalue weighted by Crippen LogP contribution is 2.34. The Hall–Kier alpha value is -3.96. The van der Waals surface area contributed by atoms with Gasteiger partial charge in [-0.3, -0.25) is 24.2 Å². The van der Waals surface area contributed by atoms with E-state index in [9.17, 15) is 23.2 Å². The van der Waals surface area contributed by atoms with Crippen molar-refractivity contribution in [3.63, 3.8) is 0 Å². The number of fused-ring (bicyclic) bond motifs is 1. The average Bonchev–Trinajstić information content (AvgIpc) is 3.45. The van der Waals surface area contributed by atoms with E-state index in [1.54, 1.807) is 4.90 Å². The Kier molecular flexibility index (Phi) is 5.87. The van der Waals surface area contributed by atoms with Gasteiger partial charge in [0, 0.05) is 37.7 Å². The van der Waals surface area contributed by atoms with E-state index in [0.29, 0.717) is 13.1 Å². The van der Waals surface area contributed by atoms with Crippen molar-refractivity contribution >= 4 is 40.0 Å². The van der Waals surface area contributed by atoms with Crippen molar-refractivity contribution in [2.75, 3.05) is 23.7 Å². The molecule has 2 aliphatic rings. The number of likely N-dealkylation sites (tertiary alicyclic amines) is 1. The average molecular weight is 486 g/mol. The molecule has 0 spiro atoms. The van der Waals surface area contributed by atoms with Gasteiger partial charge < -0.3 is 20.3 Å². The molecule has 184 valence electrons. The van der Waals surface area contributed by atoms with Gasteiger partial charge in [-0.05, 0) is 43.9 Å². The summed E-state index contributed by atoms with van der Waals surface area (Å²) in [5, 5.41) is 8.68. The first-order valence-electron chi connectivity index (χ1n) is 11.4. The number of aromatic amines is 1. The van der Waals surface area contributed by atoms with E-state index < -0.39 is 12.2 Å². The van der Waals surface area contributed by atoms with Gasteiger partial charge in [-0.25, -0.2) is 4.98 Å². The summed E-state index contributed by atoms with van der Waals surface area (Å²) in [5.74, 6) is -0.538. The van der Waals surface area contributed by atoms with Gasteiger partial charge in [-0.15, -0.1) is 0 Å². The van der Waals surface area contributed by atoms with Crippen LogP contribution in [0.3, 0.4) is 0 Å². The highest BCUT2D eigenvalue weighted by molar-refractivity contribution is 5.99. The van der Waals surface area contributed by atoms with Crippen molar-refractivity contribution in [2.45, 2.75) is 32.3 Å². The standard InChI is InChI=1S/C23H24F2N6O4/c1-30-22(34)18-15(11-17(27-19(18)29-30)28-20(32)12-4-5-12)26-14-7-6-13(10-16(14)35-23(24)25)21(33)31-8-2-3-9-31/h6-7,10-12,23H,2-5,8-9H2,1H3,(H3,26,27,28,29,32). The molecule has 5 rings (SSSR count). The lowest BCUT2D eigenvalue weighted by Gasteiger charge is -2.18. The molecule has 1 saturated heterocycles. The quantitative estimate of drug-likeness (QED) is 0.472. The number of alkyl halides is 2. The van der Waals surface area contributed by atoms with Crippen LogP contribution >= 0.6 is 0 Å². The Morgan fingerprint density at radius 3 is 2.60 bits per heavy atom. The van der Waals surface area contributed by atoms with E-state index in [0.717, 1.165) is 25.7 Å². The lowest BCUT2D eigenvalue weighted by molar-refractivity contribution is -0.117. The monoisotopic (exact) mass is 486 g/mol. The van der Waals surface area contributed by atoms with Gasteiger partial charge in [0.2, 0.25) is 5.91 Å². The molecule has 1 aliphatic carbocycles. The highest BCUT2D eigenvalue weighted by Gasteiger charge is 2.30. The number of hydrogen-bond donors (Lipinski definition) is 3. The molecule has 3 N–H and O–H groups in total. The molecule has 12 heteroatoms. The molecule has 35 heavy (non-hydrogen) atoms. The van der Waals surface area contributed by atoms with Crippen molar-refractivity contribution in [2.24, 2.45) is 13.0 Å². The van der Waals surface area contributed by atoms with Crippen LogP contribution in [0, 0.1) is 5.92 Å². The SMILES string of the molecule is Cn1[nH]c2nc(NC(=O)C3CC3)cc(Nc3ccc(C(=O)N4CCCC4)cc3OC(F)F)c2c1=O. The lowest BCUT2D eigenvalue weighted by Crippen LogP contribution is -2.27. The number of pyridine rings is 1. The molecule has 2 fully saturated rings. The number of nitrogens with one attached hydrogen (secondary N) is 3. The molecular formula is C23H24F2N6O4. The molecule has 3 heterocycles. The third kappa shape index (κ3) is 4.68. The minimum Gasteiger partial charge on any atom is -0.433 e. The van der Waals surface area contributed by atoms with Gasteiger partial charge >= 0.3 is 6.61 Å². The summed E-state index contributed by atoms with van der Waals surface area (Å²) in [7, 11) is 1.51.